The number of aryl methyl sites for hydroxylation is 1. The van der Waals surface area contributed by atoms with Gasteiger partial charge in [0, 0.05) is 12.0 Å². The predicted molar refractivity (Wildman–Crippen MR) is 65.2 cm³/mol. The first kappa shape index (κ1) is 12.3. The summed E-state index contributed by atoms with van der Waals surface area (Å²) in [7, 11) is 0. The minimum atomic E-state index is -0.474. The number of rotatable bonds is 3. The summed E-state index contributed by atoms with van der Waals surface area (Å²) in [6, 6.07) is 6.98. The van der Waals surface area contributed by atoms with Crippen molar-refractivity contribution in [3.05, 3.63) is 59.1 Å². The summed E-state index contributed by atoms with van der Waals surface area (Å²) in [6.07, 6.45) is 0.769. The van der Waals surface area contributed by atoms with Crippen LogP contribution in [-0.2, 0) is 6.42 Å². The summed E-state index contributed by atoms with van der Waals surface area (Å²) >= 11 is 3.32. The third-order valence-corrected chi connectivity index (χ3v) is 3.46. The number of hydrogen-bond acceptors (Lipinski definition) is 1. The summed E-state index contributed by atoms with van der Waals surface area (Å²) in [5, 5.41) is 0. The van der Waals surface area contributed by atoms with Gasteiger partial charge in [-0.3, -0.25) is 0 Å². The van der Waals surface area contributed by atoms with Gasteiger partial charge in [-0.25, -0.2) is 8.78 Å². The fraction of sp³-hybridized carbons (Fsp3) is 0.231. The molecule has 0 aliphatic carbocycles. The highest BCUT2D eigenvalue weighted by Crippen LogP contribution is 2.33. The molecular weight excluding hydrogens is 290 g/mol. The van der Waals surface area contributed by atoms with Gasteiger partial charge in [0.2, 0.25) is 0 Å². The van der Waals surface area contributed by atoms with Gasteiger partial charge >= 0.3 is 0 Å². The van der Waals surface area contributed by atoms with E-state index in [0.29, 0.717) is 5.76 Å². The average Bonchev–Trinajstić information content (AvgIpc) is 2.80. The van der Waals surface area contributed by atoms with Gasteiger partial charge in [0.15, 0.2) is 0 Å². The SMILES string of the molecule is CCc1ccc(C(Br)c2cc(F)ccc2F)o1. The Balaban J connectivity index is 2.35. The van der Waals surface area contributed by atoms with Crippen molar-refractivity contribution in [2.45, 2.75) is 18.2 Å². The van der Waals surface area contributed by atoms with Crippen LogP contribution in [0.3, 0.4) is 0 Å². The van der Waals surface area contributed by atoms with E-state index in [1.54, 1.807) is 6.07 Å². The van der Waals surface area contributed by atoms with Crippen molar-refractivity contribution in [1.82, 2.24) is 0 Å². The monoisotopic (exact) mass is 300 g/mol. The Morgan fingerprint density at radius 3 is 2.65 bits per heavy atom. The average molecular weight is 301 g/mol. The van der Waals surface area contributed by atoms with Crippen molar-refractivity contribution < 1.29 is 13.2 Å². The summed E-state index contributed by atoms with van der Waals surface area (Å²) in [5.74, 6) is 0.475. The van der Waals surface area contributed by atoms with Crippen molar-refractivity contribution in [2.24, 2.45) is 0 Å². The summed E-state index contributed by atoms with van der Waals surface area (Å²) in [6.45, 7) is 1.97. The molecule has 1 aromatic heterocycles. The van der Waals surface area contributed by atoms with E-state index in [-0.39, 0.29) is 5.56 Å². The van der Waals surface area contributed by atoms with E-state index in [0.717, 1.165) is 24.3 Å². The molecule has 0 amide bonds. The first-order valence-corrected chi connectivity index (χ1v) is 6.21. The van der Waals surface area contributed by atoms with Crippen LogP contribution in [0.15, 0.2) is 34.7 Å². The minimum Gasteiger partial charge on any atom is -0.465 e. The molecule has 2 rings (SSSR count). The molecule has 90 valence electrons. The first-order valence-electron chi connectivity index (χ1n) is 5.29. The Bertz CT molecular complexity index is 522. The Hall–Kier alpha value is -1.16. The molecule has 1 nitrogen and oxygen atoms in total. The molecule has 0 saturated heterocycles. The molecule has 0 radical (unpaired) electrons. The van der Waals surface area contributed by atoms with Crippen LogP contribution < -0.4 is 0 Å². The van der Waals surface area contributed by atoms with Crippen LogP contribution in [0.5, 0.6) is 0 Å². The third-order valence-electron chi connectivity index (χ3n) is 2.51. The maximum Gasteiger partial charge on any atom is 0.128 e. The van der Waals surface area contributed by atoms with Crippen LogP contribution in [0.2, 0.25) is 0 Å². The molecule has 0 spiro atoms. The van der Waals surface area contributed by atoms with E-state index in [4.69, 9.17) is 4.42 Å². The van der Waals surface area contributed by atoms with Crippen LogP contribution in [0.4, 0.5) is 8.78 Å². The van der Waals surface area contributed by atoms with Gasteiger partial charge in [-0.1, -0.05) is 22.9 Å². The lowest BCUT2D eigenvalue weighted by Gasteiger charge is -2.08. The smallest absolute Gasteiger partial charge is 0.128 e. The predicted octanol–water partition coefficient (Wildman–Crippen LogP) is 4.60. The maximum atomic E-state index is 13.6. The second kappa shape index (κ2) is 5.00. The number of alkyl halides is 1. The van der Waals surface area contributed by atoms with E-state index in [2.05, 4.69) is 15.9 Å². The lowest BCUT2D eigenvalue weighted by Crippen LogP contribution is -1.96. The van der Waals surface area contributed by atoms with E-state index in [9.17, 15) is 8.78 Å². The highest BCUT2D eigenvalue weighted by molar-refractivity contribution is 9.09. The fourth-order valence-corrected chi connectivity index (χ4v) is 2.18. The van der Waals surface area contributed by atoms with E-state index in [1.165, 1.54) is 6.07 Å². The lowest BCUT2D eigenvalue weighted by molar-refractivity contribution is 0.473. The van der Waals surface area contributed by atoms with Crippen LogP contribution in [-0.4, -0.2) is 0 Å². The number of furan rings is 1. The topological polar surface area (TPSA) is 13.1 Å². The molecule has 1 unspecified atom stereocenters. The van der Waals surface area contributed by atoms with E-state index in [1.807, 2.05) is 13.0 Å². The molecule has 1 atom stereocenters. The summed E-state index contributed by atoms with van der Waals surface area (Å²) < 4.78 is 32.1. The molecule has 4 heteroatoms. The lowest BCUT2D eigenvalue weighted by atomic mass is 10.1. The number of benzene rings is 1. The summed E-state index contributed by atoms with van der Waals surface area (Å²) in [5.41, 5.74) is 0.238. The van der Waals surface area contributed by atoms with Gasteiger partial charge in [0.1, 0.15) is 28.0 Å². The highest BCUT2D eigenvalue weighted by Gasteiger charge is 2.18. The molecule has 1 aromatic carbocycles. The molecule has 17 heavy (non-hydrogen) atoms. The van der Waals surface area contributed by atoms with Gasteiger partial charge in [0.05, 0.1) is 0 Å². The Labute approximate surface area is 107 Å². The van der Waals surface area contributed by atoms with Crippen molar-refractivity contribution >= 4 is 15.9 Å². The molecule has 0 N–H and O–H groups in total. The Morgan fingerprint density at radius 1 is 1.24 bits per heavy atom. The quantitative estimate of drug-likeness (QED) is 0.755. The van der Waals surface area contributed by atoms with Gasteiger partial charge < -0.3 is 4.42 Å². The Kier molecular flexibility index (Phi) is 3.62. The van der Waals surface area contributed by atoms with Crippen LogP contribution >= 0.6 is 15.9 Å². The second-order valence-electron chi connectivity index (χ2n) is 3.69. The second-order valence-corrected chi connectivity index (χ2v) is 4.60. The van der Waals surface area contributed by atoms with Gasteiger partial charge in [-0.05, 0) is 30.3 Å². The van der Waals surface area contributed by atoms with Crippen LogP contribution in [0.25, 0.3) is 0 Å². The van der Waals surface area contributed by atoms with Crippen molar-refractivity contribution in [2.75, 3.05) is 0 Å². The first-order chi connectivity index (χ1) is 8.11. The van der Waals surface area contributed by atoms with Crippen molar-refractivity contribution in [1.29, 1.82) is 0 Å². The number of hydrogen-bond donors (Lipinski definition) is 0. The zero-order valence-corrected chi connectivity index (χ0v) is 10.8. The van der Waals surface area contributed by atoms with E-state index >= 15 is 0 Å². The molecule has 0 saturated carbocycles. The standard InChI is InChI=1S/C13H11BrF2O/c1-2-9-4-6-12(17-9)13(14)10-7-8(15)3-5-11(10)16/h3-7,13H,2H2,1H3. The molecule has 0 aliphatic heterocycles. The minimum absolute atomic E-state index is 0.238. The molecule has 0 aliphatic rings. The largest absolute Gasteiger partial charge is 0.465 e. The fourth-order valence-electron chi connectivity index (χ4n) is 1.58. The number of halogens is 3. The highest BCUT2D eigenvalue weighted by atomic mass is 79.9. The van der Waals surface area contributed by atoms with Gasteiger partial charge in [-0.15, -0.1) is 0 Å². The van der Waals surface area contributed by atoms with Crippen molar-refractivity contribution in [3.63, 3.8) is 0 Å². The van der Waals surface area contributed by atoms with Gasteiger partial charge in [0.25, 0.3) is 0 Å². The van der Waals surface area contributed by atoms with E-state index < -0.39 is 16.5 Å². The molecule has 2 aromatic rings. The summed E-state index contributed by atoms with van der Waals surface area (Å²) in [4.78, 5) is -0.474. The Morgan fingerprint density at radius 2 is 2.00 bits per heavy atom. The molecule has 1 heterocycles. The molecule has 0 bridgehead atoms. The maximum absolute atomic E-state index is 13.6. The molecule has 0 fully saturated rings. The van der Waals surface area contributed by atoms with Crippen LogP contribution in [0.1, 0.15) is 28.8 Å². The van der Waals surface area contributed by atoms with Crippen LogP contribution in [0, 0.1) is 11.6 Å². The van der Waals surface area contributed by atoms with Gasteiger partial charge in [-0.2, -0.15) is 0 Å². The zero-order valence-electron chi connectivity index (χ0n) is 9.21. The van der Waals surface area contributed by atoms with Crippen molar-refractivity contribution in [3.8, 4) is 0 Å². The zero-order chi connectivity index (χ0) is 12.4. The molecular formula is C13H11BrF2O. The normalized spacial score (nSPS) is 12.7. The third kappa shape index (κ3) is 2.57.